The van der Waals surface area contributed by atoms with Crippen molar-refractivity contribution in [1.29, 1.82) is 0 Å². The van der Waals surface area contributed by atoms with Gasteiger partial charge in [0.1, 0.15) is 24.6 Å². The van der Waals surface area contributed by atoms with E-state index in [9.17, 15) is 9.59 Å². The first-order valence-corrected chi connectivity index (χ1v) is 4.04. The van der Waals surface area contributed by atoms with E-state index >= 15 is 0 Å². The van der Waals surface area contributed by atoms with Crippen molar-refractivity contribution in [2.75, 3.05) is 6.61 Å². The summed E-state index contributed by atoms with van der Waals surface area (Å²) >= 11 is 0. The Morgan fingerprint density at radius 1 is 1.38 bits per heavy atom. The second kappa shape index (κ2) is 3.01. The number of hydrogen-bond donors (Lipinski definition) is 0. The van der Waals surface area contributed by atoms with Gasteiger partial charge in [-0.15, -0.1) is 0 Å². The van der Waals surface area contributed by atoms with Gasteiger partial charge in [-0.05, 0) is 12.1 Å². The van der Waals surface area contributed by atoms with Gasteiger partial charge in [-0.2, -0.15) is 0 Å². The molecule has 0 amide bonds. The zero-order valence-corrected chi connectivity index (χ0v) is 6.90. The van der Waals surface area contributed by atoms with Gasteiger partial charge in [0.2, 0.25) is 0 Å². The average molecular weight is 176 g/mol. The van der Waals surface area contributed by atoms with E-state index in [1.165, 1.54) is 0 Å². The predicted molar refractivity (Wildman–Crippen MR) is 45.8 cm³/mol. The van der Waals surface area contributed by atoms with Gasteiger partial charge in [-0.25, -0.2) is 0 Å². The minimum atomic E-state index is -0.630. The van der Waals surface area contributed by atoms with Gasteiger partial charge in [0, 0.05) is 0 Å². The topological polar surface area (TPSA) is 43.4 Å². The highest BCUT2D eigenvalue weighted by Gasteiger charge is 2.27. The molecule has 1 atom stereocenters. The second-order valence-electron chi connectivity index (χ2n) is 2.91. The summed E-state index contributed by atoms with van der Waals surface area (Å²) in [5, 5.41) is 0. The van der Waals surface area contributed by atoms with Crippen molar-refractivity contribution in [1.82, 2.24) is 0 Å². The molecule has 1 aliphatic heterocycles. The number of para-hydroxylation sites is 1. The molecule has 1 aromatic rings. The first kappa shape index (κ1) is 7.98. The van der Waals surface area contributed by atoms with E-state index in [4.69, 9.17) is 4.74 Å². The average Bonchev–Trinajstić information content (AvgIpc) is 2.19. The molecule has 0 N–H and O–H groups in total. The summed E-state index contributed by atoms with van der Waals surface area (Å²) < 4.78 is 5.25. The molecule has 0 unspecified atom stereocenters. The quantitative estimate of drug-likeness (QED) is 0.475. The summed E-state index contributed by atoms with van der Waals surface area (Å²) in [6.45, 7) is 0.166. The van der Waals surface area contributed by atoms with Crippen LogP contribution in [0.5, 0.6) is 5.75 Å². The molecule has 3 nitrogen and oxygen atoms in total. The number of hydrogen-bond acceptors (Lipinski definition) is 3. The van der Waals surface area contributed by atoms with Gasteiger partial charge in [0.05, 0.1) is 5.56 Å². The van der Waals surface area contributed by atoms with E-state index in [0.29, 0.717) is 17.6 Å². The fourth-order valence-corrected chi connectivity index (χ4v) is 1.35. The largest absolute Gasteiger partial charge is 0.492 e. The molecule has 0 spiro atoms. The minimum absolute atomic E-state index is 0.142. The van der Waals surface area contributed by atoms with Crippen molar-refractivity contribution >= 4 is 12.1 Å². The molecule has 0 saturated carbocycles. The number of Topliss-reactive ketones (excluding diaryl/α,β-unsaturated/α-hetero) is 1. The second-order valence-corrected chi connectivity index (χ2v) is 2.91. The van der Waals surface area contributed by atoms with E-state index in [2.05, 4.69) is 0 Å². The Kier molecular flexibility index (Phi) is 1.85. The molecular formula is C10H8O3. The van der Waals surface area contributed by atoms with Crippen LogP contribution in [0.25, 0.3) is 0 Å². The van der Waals surface area contributed by atoms with Crippen LogP contribution in [0.1, 0.15) is 10.4 Å². The molecule has 0 fully saturated rings. The third kappa shape index (κ3) is 1.22. The predicted octanol–water partition coefficient (Wildman–Crippen LogP) is 1.08. The summed E-state index contributed by atoms with van der Waals surface area (Å²) in [4.78, 5) is 22.0. The molecule has 66 valence electrons. The monoisotopic (exact) mass is 176 g/mol. The van der Waals surface area contributed by atoms with Gasteiger partial charge in [0.15, 0.2) is 5.78 Å². The van der Waals surface area contributed by atoms with Crippen molar-refractivity contribution in [3.63, 3.8) is 0 Å². The van der Waals surface area contributed by atoms with Crippen molar-refractivity contribution in [2.24, 2.45) is 5.92 Å². The number of fused-ring (bicyclic) bond motifs is 1. The fourth-order valence-electron chi connectivity index (χ4n) is 1.35. The number of carbonyl (C=O) groups excluding carboxylic acids is 2. The number of rotatable bonds is 1. The minimum Gasteiger partial charge on any atom is -0.492 e. The Bertz CT molecular complexity index is 357. The third-order valence-corrected chi connectivity index (χ3v) is 2.07. The molecule has 1 heterocycles. The van der Waals surface area contributed by atoms with Crippen molar-refractivity contribution < 1.29 is 14.3 Å². The van der Waals surface area contributed by atoms with Crippen molar-refractivity contribution in [2.45, 2.75) is 0 Å². The van der Waals surface area contributed by atoms with Crippen LogP contribution in [0.2, 0.25) is 0 Å². The molecule has 0 saturated heterocycles. The third-order valence-electron chi connectivity index (χ3n) is 2.07. The molecule has 1 aromatic carbocycles. The summed E-state index contributed by atoms with van der Waals surface area (Å²) in [6.07, 6.45) is 0.637. The van der Waals surface area contributed by atoms with Crippen LogP contribution in [0.15, 0.2) is 24.3 Å². The summed E-state index contributed by atoms with van der Waals surface area (Å²) in [7, 11) is 0. The Balaban J connectivity index is 2.45. The zero-order valence-electron chi connectivity index (χ0n) is 6.90. The van der Waals surface area contributed by atoms with Gasteiger partial charge in [0.25, 0.3) is 0 Å². The molecule has 13 heavy (non-hydrogen) atoms. The highest BCUT2D eigenvalue weighted by molar-refractivity contribution is 6.07. The maximum atomic E-state index is 11.5. The Morgan fingerprint density at radius 2 is 2.15 bits per heavy atom. The normalized spacial score (nSPS) is 20.3. The number of ether oxygens (including phenoxy) is 1. The van der Waals surface area contributed by atoms with Gasteiger partial charge in [-0.1, -0.05) is 12.1 Å². The first-order chi connectivity index (χ1) is 6.33. The smallest absolute Gasteiger partial charge is 0.180 e. The van der Waals surface area contributed by atoms with Crippen LogP contribution in [0.4, 0.5) is 0 Å². The lowest BCUT2D eigenvalue weighted by Crippen LogP contribution is -2.28. The Hall–Kier alpha value is -1.64. The van der Waals surface area contributed by atoms with Crippen LogP contribution < -0.4 is 4.74 Å². The number of aldehydes is 1. The van der Waals surface area contributed by atoms with Gasteiger partial charge in [-0.3, -0.25) is 4.79 Å². The number of carbonyl (C=O) groups is 2. The lowest BCUT2D eigenvalue weighted by atomic mass is 9.96. The molecule has 0 aromatic heterocycles. The van der Waals surface area contributed by atoms with Gasteiger partial charge >= 0.3 is 0 Å². The van der Waals surface area contributed by atoms with Crippen LogP contribution >= 0.6 is 0 Å². The van der Waals surface area contributed by atoms with E-state index in [0.717, 1.165) is 0 Å². The molecule has 0 bridgehead atoms. The highest BCUT2D eigenvalue weighted by atomic mass is 16.5. The van der Waals surface area contributed by atoms with Crippen molar-refractivity contribution in [3.05, 3.63) is 29.8 Å². The zero-order chi connectivity index (χ0) is 9.26. The lowest BCUT2D eigenvalue weighted by molar-refractivity contribution is -0.110. The summed E-state index contributed by atoms with van der Waals surface area (Å²) in [5.41, 5.74) is 0.505. The summed E-state index contributed by atoms with van der Waals surface area (Å²) in [5.74, 6) is -0.197. The molecule has 0 aliphatic carbocycles. The fraction of sp³-hybridized carbons (Fsp3) is 0.200. The van der Waals surface area contributed by atoms with Crippen LogP contribution in [0, 0.1) is 5.92 Å². The molecule has 3 heteroatoms. The van der Waals surface area contributed by atoms with Crippen LogP contribution in [-0.4, -0.2) is 18.7 Å². The maximum Gasteiger partial charge on any atom is 0.180 e. The van der Waals surface area contributed by atoms with E-state index in [-0.39, 0.29) is 12.4 Å². The van der Waals surface area contributed by atoms with Gasteiger partial charge < -0.3 is 9.53 Å². The molecule has 1 aliphatic rings. The summed E-state index contributed by atoms with van der Waals surface area (Å²) in [6, 6.07) is 6.96. The molecular weight excluding hydrogens is 168 g/mol. The van der Waals surface area contributed by atoms with E-state index in [1.807, 2.05) is 0 Å². The molecule has 0 radical (unpaired) electrons. The van der Waals surface area contributed by atoms with Crippen LogP contribution in [0.3, 0.4) is 0 Å². The van der Waals surface area contributed by atoms with Crippen LogP contribution in [-0.2, 0) is 4.79 Å². The lowest BCUT2D eigenvalue weighted by Gasteiger charge is -2.19. The number of ketones is 1. The Morgan fingerprint density at radius 3 is 2.92 bits per heavy atom. The standard InChI is InChI=1S/C10H8O3/c11-5-7-6-13-9-4-2-1-3-8(9)10(7)12/h1-5,7H,6H2/t7-/m0/s1. The SMILES string of the molecule is O=C[C@H]1COc2ccccc2C1=O. The Labute approximate surface area is 75.3 Å². The van der Waals surface area contributed by atoms with Crippen molar-refractivity contribution in [3.8, 4) is 5.75 Å². The maximum absolute atomic E-state index is 11.5. The number of benzene rings is 1. The highest BCUT2D eigenvalue weighted by Crippen LogP contribution is 2.25. The van der Waals surface area contributed by atoms with E-state index < -0.39 is 5.92 Å². The molecule has 2 rings (SSSR count). The first-order valence-electron chi connectivity index (χ1n) is 4.04. The van der Waals surface area contributed by atoms with E-state index in [1.54, 1.807) is 24.3 Å².